The number of aryl methyl sites for hydroxylation is 1. The number of halogens is 1. The number of aliphatic hydroxyl groups is 1. The van der Waals surface area contributed by atoms with E-state index in [9.17, 15) is 0 Å². The van der Waals surface area contributed by atoms with Crippen LogP contribution in [0.1, 0.15) is 5.56 Å². The van der Waals surface area contributed by atoms with Gasteiger partial charge in [-0.2, -0.15) is 5.10 Å². The molecule has 0 spiro atoms. The number of hydrogen-bond acceptors (Lipinski definition) is 3. The SMILES string of the molecule is Cn1ncc2cc(CO)c(Cl)nc21. The Morgan fingerprint density at radius 2 is 2.38 bits per heavy atom. The van der Waals surface area contributed by atoms with Crippen molar-refractivity contribution < 1.29 is 5.11 Å². The Bertz CT molecular complexity index is 452. The molecule has 0 aromatic carbocycles. The van der Waals surface area contributed by atoms with Crippen LogP contribution in [-0.2, 0) is 13.7 Å². The first kappa shape index (κ1) is 8.47. The monoisotopic (exact) mass is 197 g/mol. The summed E-state index contributed by atoms with van der Waals surface area (Å²) in [5.74, 6) is 0. The van der Waals surface area contributed by atoms with Crippen molar-refractivity contribution in [3.8, 4) is 0 Å². The van der Waals surface area contributed by atoms with Gasteiger partial charge in [0.25, 0.3) is 0 Å². The first-order valence-electron chi connectivity index (χ1n) is 3.80. The molecule has 2 heterocycles. The van der Waals surface area contributed by atoms with Gasteiger partial charge < -0.3 is 5.11 Å². The quantitative estimate of drug-likeness (QED) is 0.697. The molecule has 0 saturated carbocycles. The third kappa shape index (κ3) is 1.28. The van der Waals surface area contributed by atoms with Crippen molar-refractivity contribution in [2.45, 2.75) is 6.61 Å². The van der Waals surface area contributed by atoms with Crippen LogP contribution < -0.4 is 0 Å². The van der Waals surface area contributed by atoms with E-state index in [0.29, 0.717) is 10.7 Å². The Hall–Kier alpha value is -1.13. The standard InChI is InChI=1S/C8H8ClN3O/c1-12-8-5(3-10-12)2-6(4-13)7(9)11-8/h2-3,13H,4H2,1H3. The highest BCUT2D eigenvalue weighted by Crippen LogP contribution is 2.19. The van der Waals surface area contributed by atoms with E-state index >= 15 is 0 Å². The maximum atomic E-state index is 8.93. The maximum Gasteiger partial charge on any atom is 0.159 e. The van der Waals surface area contributed by atoms with Crippen LogP contribution in [0.15, 0.2) is 12.3 Å². The van der Waals surface area contributed by atoms with Crippen LogP contribution in [0.4, 0.5) is 0 Å². The van der Waals surface area contributed by atoms with E-state index in [1.807, 2.05) is 0 Å². The molecule has 0 atom stereocenters. The van der Waals surface area contributed by atoms with Crippen LogP contribution in [0, 0.1) is 0 Å². The smallest absolute Gasteiger partial charge is 0.159 e. The highest BCUT2D eigenvalue weighted by Gasteiger charge is 2.06. The van der Waals surface area contributed by atoms with Crippen molar-refractivity contribution in [3.05, 3.63) is 23.0 Å². The average Bonchev–Trinajstić information content (AvgIpc) is 2.47. The fourth-order valence-corrected chi connectivity index (χ4v) is 1.40. The number of hydrogen-bond donors (Lipinski definition) is 1. The highest BCUT2D eigenvalue weighted by molar-refractivity contribution is 6.30. The largest absolute Gasteiger partial charge is 0.392 e. The van der Waals surface area contributed by atoms with E-state index in [0.717, 1.165) is 11.0 Å². The van der Waals surface area contributed by atoms with Gasteiger partial charge in [-0.25, -0.2) is 4.98 Å². The van der Waals surface area contributed by atoms with Crippen molar-refractivity contribution in [1.29, 1.82) is 0 Å². The fraction of sp³-hybridized carbons (Fsp3) is 0.250. The predicted molar refractivity (Wildman–Crippen MR) is 49.4 cm³/mol. The van der Waals surface area contributed by atoms with Gasteiger partial charge in [-0.15, -0.1) is 0 Å². The van der Waals surface area contributed by atoms with Gasteiger partial charge in [0.1, 0.15) is 5.15 Å². The van der Waals surface area contributed by atoms with Gasteiger partial charge in [0.15, 0.2) is 5.65 Å². The molecule has 2 aromatic rings. The van der Waals surface area contributed by atoms with Crippen LogP contribution in [0.5, 0.6) is 0 Å². The number of fused-ring (bicyclic) bond motifs is 1. The summed E-state index contributed by atoms with van der Waals surface area (Å²) in [4.78, 5) is 4.11. The van der Waals surface area contributed by atoms with Crippen molar-refractivity contribution in [1.82, 2.24) is 14.8 Å². The fourth-order valence-electron chi connectivity index (χ4n) is 1.21. The van der Waals surface area contributed by atoms with E-state index in [2.05, 4.69) is 10.1 Å². The zero-order valence-electron chi connectivity index (χ0n) is 7.03. The van der Waals surface area contributed by atoms with Crippen LogP contribution in [0.25, 0.3) is 11.0 Å². The van der Waals surface area contributed by atoms with Gasteiger partial charge in [0, 0.05) is 18.0 Å². The third-order valence-electron chi connectivity index (χ3n) is 1.90. The van der Waals surface area contributed by atoms with Crippen LogP contribution in [-0.4, -0.2) is 19.9 Å². The number of pyridine rings is 1. The summed E-state index contributed by atoms with van der Waals surface area (Å²) in [6.45, 7) is -0.101. The molecule has 0 aliphatic rings. The van der Waals surface area contributed by atoms with Crippen LogP contribution >= 0.6 is 11.6 Å². The molecule has 68 valence electrons. The summed E-state index contributed by atoms with van der Waals surface area (Å²) in [6, 6.07) is 1.79. The van der Waals surface area contributed by atoms with Crippen molar-refractivity contribution in [3.63, 3.8) is 0 Å². The van der Waals surface area contributed by atoms with E-state index < -0.39 is 0 Å². The average molecular weight is 198 g/mol. The molecule has 0 fully saturated rings. The summed E-state index contributed by atoms with van der Waals surface area (Å²) in [7, 11) is 1.80. The van der Waals surface area contributed by atoms with E-state index in [-0.39, 0.29) is 6.61 Å². The normalized spacial score (nSPS) is 11.0. The second-order valence-electron chi connectivity index (χ2n) is 2.78. The summed E-state index contributed by atoms with van der Waals surface area (Å²) < 4.78 is 1.64. The molecule has 13 heavy (non-hydrogen) atoms. The zero-order valence-corrected chi connectivity index (χ0v) is 7.78. The predicted octanol–water partition coefficient (Wildman–Crippen LogP) is 1.11. The van der Waals surface area contributed by atoms with Gasteiger partial charge in [0.05, 0.1) is 12.8 Å². The summed E-state index contributed by atoms with van der Waals surface area (Å²) in [5, 5.41) is 14.2. The minimum atomic E-state index is -0.101. The van der Waals surface area contributed by atoms with E-state index in [4.69, 9.17) is 16.7 Å². The Labute approximate surface area is 79.8 Å². The Morgan fingerprint density at radius 3 is 3.08 bits per heavy atom. The number of aromatic nitrogens is 3. The highest BCUT2D eigenvalue weighted by atomic mass is 35.5. The summed E-state index contributed by atoms with van der Waals surface area (Å²) >= 11 is 5.82. The molecule has 0 unspecified atom stereocenters. The van der Waals surface area contributed by atoms with Gasteiger partial charge in [0.2, 0.25) is 0 Å². The molecular weight excluding hydrogens is 190 g/mol. The molecule has 0 radical (unpaired) electrons. The summed E-state index contributed by atoms with van der Waals surface area (Å²) in [6.07, 6.45) is 1.69. The Kier molecular flexibility index (Phi) is 1.94. The minimum Gasteiger partial charge on any atom is -0.392 e. The molecule has 0 aliphatic heterocycles. The van der Waals surface area contributed by atoms with Gasteiger partial charge in [-0.3, -0.25) is 4.68 Å². The molecule has 5 heteroatoms. The molecule has 0 aliphatic carbocycles. The second-order valence-corrected chi connectivity index (χ2v) is 3.14. The van der Waals surface area contributed by atoms with Crippen LogP contribution in [0.3, 0.4) is 0 Å². The van der Waals surface area contributed by atoms with Gasteiger partial charge in [-0.1, -0.05) is 11.6 Å². The molecule has 2 aromatic heterocycles. The molecule has 0 bridgehead atoms. The van der Waals surface area contributed by atoms with Crippen molar-refractivity contribution >= 4 is 22.6 Å². The molecule has 1 N–H and O–H groups in total. The molecule has 0 amide bonds. The van der Waals surface area contributed by atoms with E-state index in [1.54, 1.807) is 24.0 Å². The molecular formula is C8H8ClN3O. The molecule has 2 rings (SSSR count). The topological polar surface area (TPSA) is 50.9 Å². The lowest BCUT2D eigenvalue weighted by Crippen LogP contribution is -1.94. The lowest BCUT2D eigenvalue weighted by Gasteiger charge is -1.99. The van der Waals surface area contributed by atoms with Gasteiger partial charge >= 0.3 is 0 Å². The maximum absolute atomic E-state index is 8.93. The number of rotatable bonds is 1. The molecule has 0 saturated heterocycles. The van der Waals surface area contributed by atoms with Gasteiger partial charge in [-0.05, 0) is 6.07 Å². The first-order chi connectivity index (χ1) is 6.22. The van der Waals surface area contributed by atoms with Crippen molar-refractivity contribution in [2.24, 2.45) is 7.05 Å². The molecule has 4 nitrogen and oxygen atoms in total. The second kappa shape index (κ2) is 2.97. The number of nitrogens with zero attached hydrogens (tertiary/aromatic N) is 3. The Balaban J connectivity index is 2.76. The van der Waals surface area contributed by atoms with Crippen molar-refractivity contribution in [2.75, 3.05) is 0 Å². The lowest BCUT2D eigenvalue weighted by atomic mass is 10.2. The first-order valence-corrected chi connectivity index (χ1v) is 4.18. The minimum absolute atomic E-state index is 0.101. The zero-order chi connectivity index (χ0) is 9.42. The van der Waals surface area contributed by atoms with E-state index in [1.165, 1.54) is 0 Å². The lowest BCUT2D eigenvalue weighted by molar-refractivity contribution is 0.281. The summed E-state index contributed by atoms with van der Waals surface area (Å²) in [5.41, 5.74) is 1.35. The third-order valence-corrected chi connectivity index (χ3v) is 2.23. The number of aliphatic hydroxyl groups excluding tert-OH is 1. The Morgan fingerprint density at radius 1 is 1.62 bits per heavy atom. The van der Waals surface area contributed by atoms with Crippen LogP contribution in [0.2, 0.25) is 5.15 Å².